The third kappa shape index (κ3) is 3.62. The first-order chi connectivity index (χ1) is 13.2. The Morgan fingerprint density at radius 3 is 2.18 bits per heavy atom. The molecule has 0 unspecified atom stereocenters. The van der Waals surface area contributed by atoms with E-state index in [1.165, 1.54) is 24.3 Å². The summed E-state index contributed by atoms with van der Waals surface area (Å²) in [6, 6.07) is 5.77. The standard InChI is InChI=1S/C19H20O9/c1-19(2)10-5-12(21)16(25-9-18(23)24)7-14(10)27-15-8-17(28-26-4-3-20)13(22)6-11(15)19/h5-8,20-22H,3-4,9H2,1-2H3,(H,23,24). The van der Waals surface area contributed by atoms with Gasteiger partial charge in [-0.05, 0) is 12.1 Å². The molecule has 9 heteroatoms. The number of carboxylic acids is 1. The van der Waals surface area contributed by atoms with Crippen LogP contribution in [0.4, 0.5) is 0 Å². The Bertz CT molecular complexity index is 905. The summed E-state index contributed by atoms with van der Waals surface area (Å²) in [6.07, 6.45) is 0. The van der Waals surface area contributed by atoms with Crippen molar-refractivity contribution in [1.82, 2.24) is 0 Å². The minimum Gasteiger partial charge on any atom is -0.504 e. The fraction of sp³-hybridized carbons (Fsp3) is 0.316. The normalized spacial score (nSPS) is 13.8. The number of aliphatic hydroxyl groups is 1. The second-order valence-corrected chi connectivity index (χ2v) is 6.67. The van der Waals surface area contributed by atoms with Crippen molar-refractivity contribution in [2.24, 2.45) is 0 Å². The number of carbonyl (C=O) groups is 1. The third-order valence-electron chi connectivity index (χ3n) is 4.36. The Kier molecular flexibility index (Phi) is 5.21. The van der Waals surface area contributed by atoms with Crippen molar-refractivity contribution in [2.75, 3.05) is 19.8 Å². The zero-order chi connectivity index (χ0) is 20.5. The van der Waals surface area contributed by atoms with Gasteiger partial charge in [-0.2, -0.15) is 4.89 Å². The van der Waals surface area contributed by atoms with Gasteiger partial charge < -0.3 is 34.8 Å². The molecule has 0 bridgehead atoms. The van der Waals surface area contributed by atoms with Crippen molar-refractivity contribution in [2.45, 2.75) is 19.3 Å². The number of phenolic OH excluding ortho intramolecular Hbond substituents is 2. The molecule has 0 saturated heterocycles. The molecule has 1 heterocycles. The van der Waals surface area contributed by atoms with Crippen LogP contribution in [0, 0.1) is 0 Å². The summed E-state index contributed by atoms with van der Waals surface area (Å²) < 4.78 is 11.0. The number of hydrogen-bond acceptors (Lipinski definition) is 8. The quantitative estimate of drug-likeness (QED) is 0.318. The second-order valence-electron chi connectivity index (χ2n) is 6.67. The van der Waals surface area contributed by atoms with Gasteiger partial charge in [0, 0.05) is 28.7 Å². The van der Waals surface area contributed by atoms with E-state index in [0.717, 1.165) is 0 Å². The van der Waals surface area contributed by atoms with Crippen LogP contribution in [0.5, 0.6) is 34.5 Å². The van der Waals surface area contributed by atoms with Crippen molar-refractivity contribution in [1.29, 1.82) is 0 Å². The molecule has 0 aliphatic carbocycles. The van der Waals surface area contributed by atoms with E-state index in [-0.39, 0.29) is 36.2 Å². The van der Waals surface area contributed by atoms with E-state index in [0.29, 0.717) is 22.6 Å². The highest BCUT2D eigenvalue weighted by Crippen LogP contribution is 2.53. The van der Waals surface area contributed by atoms with Crippen LogP contribution in [0.3, 0.4) is 0 Å². The molecular weight excluding hydrogens is 372 g/mol. The van der Waals surface area contributed by atoms with Gasteiger partial charge in [0.1, 0.15) is 18.1 Å². The monoisotopic (exact) mass is 392 g/mol. The molecule has 0 radical (unpaired) electrons. The van der Waals surface area contributed by atoms with Gasteiger partial charge in [0.15, 0.2) is 23.9 Å². The Hall–Kier alpha value is -3.17. The SMILES string of the molecule is CC1(C)c2cc(O)c(OCC(=O)O)cc2Oc2cc(OOCCO)c(O)cc21. The smallest absolute Gasteiger partial charge is 0.341 e. The highest BCUT2D eigenvalue weighted by Gasteiger charge is 2.36. The molecule has 4 N–H and O–H groups in total. The average Bonchev–Trinajstić information content (AvgIpc) is 2.62. The summed E-state index contributed by atoms with van der Waals surface area (Å²) in [6.45, 7) is 2.83. The van der Waals surface area contributed by atoms with Crippen LogP contribution in [0.2, 0.25) is 0 Å². The van der Waals surface area contributed by atoms with Crippen molar-refractivity contribution in [3.05, 3.63) is 35.4 Å². The van der Waals surface area contributed by atoms with Crippen LogP contribution in [-0.2, 0) is 15.1 Å². The topological polar surface area (TPSA) is 135 Å². The van der Waals surface area contributed by atoms with E-state index < -0.39 is 18.0 Å². The van der Waals surface area contributed by atoms with Crippen LogP contribution in [-0.4, -0.2) is 46.2 Å². The van der Waals surface area contributed by atoms with Crippen molar-refractivity contribution in [3.8, 4) is 34.5 Å². The number of carboxylic acid groups (broad SMARTS) is 1. The van der Waals surface area contributed by atoms with E-state index >= 15 is 0 Å². The Morgan fingerprint density at radius 1 is 1.04 bits per heavy atom. The second kappa shape index (κ2) is 7.45. The lowest BCUT2D eigenvalue weighted by Gasteiger charge is -2.35. The zero-order valence-electron chi connectivity index (χ0n) is 15.3. The lowest BCUT2D eigenvalue weighted by molar-refractivity contribution is -0.213. The van der Waals surface area contributed by atoms with Crippen LogP contribution < -0.4 is 14.4 Å². The van der Waals surface area contributed by atoms with Crippen LogP contribution in [0.15, 0.2) is 24.3 Å². The van der Waals surface area contributed by atoms with Crippen LogP contribution in [0.25, 0.3) is 0 Å². The number of ether oxygens (including phenoxy) is 2. The van der Waals surface area contributed by atoms with E-state index in [9.17, 15) is 15.0 Å². The van der Waals surface area contributed by atoms with Gasteiger partial charge in [-0.25, -0.2) is 4.79 Å². The lowest BCUT2D eigenvalue weighted by Crippen LogP contribution is -2.24. The highest BCUT2D eigenvalue weighted by molar-refractivity contribution is 5.69. The highest BCUT2D eigenvalue weighted by atomic mass is 17.2. The number of aromatic hydroxyl groups is 2. The predicted molar refractivity (Wildman–Crippen MR) is 95.2 cm³/mol. The lowest BCUT2D eigenvalue weighted by atomic mass is 9.75. The number of aliphatic hydroxyl groups excluding tert-OH is 1. The maximum absolute atomic E-state index is 10.7. The summed E-state index contributed by atoms with van der Waals surface area (Å²) in [5, 5.41) is 37.9. The maximum atomic E-state index is 10.7. The molecule has 0 fully saturated rings. The molecule has 150 valence electrons. The molecule has 1 aliphatic rings. The first-order valence-electron chi connectivity index (χ1n) is 8.41. The number of hydrogen-bond donors (Lipinski definition) is 4. The molecule has 0 atom stereocenters. The van der Waals surface area contributed by atoms with E-state index in [1.54, 1.807) is 0 Å². The van der Waals surface area contributed by atoms with E-state index in [1.807, 2.05) is 13.8 Å². The van der Waals surface area contributed by atoms with Crippen molar-refractivity contribution < 1.29 is 44.5 Å². The summed E-state index contributed by atoms with van der Waals surface area (Å²) in [4.78, 5) is 20.5. The van der Waals surface area contributed by atoms with Crippen LogP contribution >= 0.6 is 0 Å². The average molecular weight is 392 g/mol. The van der Waals surface area contributed by atoms with Gasteiger partial charge in [0.25, 0.3) is 0 Å². The molecule has 3 rings (SSSR count). The van der Waals surface area contributed by atoms with Gasteiger partial charge in [0.05, 0.1) is 6.61 Å². The van der Waals surface area contributed by atoms with Gasteiger partial charge in [0.2, 0.25) is 5.75 Å². The first-order valence-corrected chi connectivity index (χ1v) is 8.41. The number of rotatable bonds is 7. The van der Waals surface area contributed by atoms with Crippen molar-refractivity contribution >= 4 is 5.97 Å². The molecule has 28 heavy (non-hydrogen) atoms. The van der Waals surface area contributed by atoms with Crippen molar-refractivity contribution in [3.63, 3.8) is 0 Å². The molecule has 0 saturated carbocycles. The third-order valence-corrected chi connectivity index (χ3v) is 4.36. The summed E-state index contributed by atoms with van der Waals surface area (Å²) in [7, 11) is 0. The fourth-order valence-electron chi connectivity index (χ4n) is 2.97. The zero-order valence-corrected chi connectivity index (χ0v) is 15.3. The van der Waals surface area contributed by atoms with Gasteiger partial charge in [-0.3, -0.25) is 0 Å². The summed E-state index contributed by atoms with van der Waals surface area (Å²) >= 11 is 0. The number of aliphatic carboxylic acids is 1. The first kappa shape index (κ1) is 19.6. The molecule has 2 aromatic carbocycles. The predicted octanol–water partition coefficient (Wildman–Crippen LogP) is 2.30. The van der Waals surface area contributed by atoms with Gasteiger partial charge in [-0.1, -0.05) is 13.8 Å². The molecule has 9 nitrogen and oxygen atoms in total. The Balaban J connectivity index is 1.99. The fourth-order valence-corrected chi connectivity index (χ4v) is 2.97. The number of fused-ring (bicyclic) bond motifs is 2. The molecule has 0 amide bonds. The number of benzene rings is 2. The summed E-state index contributed by atoms with van der Waals surface area (Å²) in [5.41, 5.74) is 0.614. The molecule has 1 aliphatic heterocycles. The summed E-state index contributed by atoms with van der Waals surface area (Å²) in [5.74, 6) is -0.848. The Labute approximate surface area is 160 Å². The number of phenols is 2. The molecule has 2 aromatic rings. The van der Waals surface area contributed by atoms with E-state index in [2.05, 4.69) is 0 Å². The van der Waals surface area contributed by atoms with Gasteiger partial charge in [-0.15, -0.1) is 0 Å². The van der Waals surface area contributed by atoms with Crippen LogP contribution in [0.1, 0.15) is 25.0 Å². The van der Waals surface area contributed by atoms with E-state index in [4.69, 9.17) is 29.5 Å². The largest absolute Gasteiger partial charge is 0.504 e. The molecule has 0 spiro atoms. The van der Waals surface area contributed by atoms with Gasteiger partial charge >= 0.3 is 5.97 Å². The molecular formula is C19H20O9. The maximum Gasteiger partial charge on any atom is 0.341 e. The minimum absolute atomic E-state index is 0.00702. The molecule has 0 aromatic heterocycles. The Morgan fingerprint density at radius 2 is 1.61 bits per heavy atom. The minimum atomic E-state index is -1.18.